The summed E-state index contributed by atoms with van der Waals surface area (Å²) in [5, 5.41) is 7.52. The Hall–Kier alpha value is -4.09. The van der Waals surface area contributed by atoms with E-state index in [4.69, 9.17) is 25.8 Å². The number of hydrogen-bond donors (Lipinski definition) is 1. The summed E-state index contributed by atoms with van der Waals surface area (Å²) in [5.74, 6) is 0.808. The normalized spacial score (nSPS) is 19.5. The average molecular weight is 610 g/mol. The average Bonchev–Trinajstić information content (AvgIpc) is 3.31. The van der Waals surface area contributed by atoms with Gasteiger partial charge in [-0.25, -0.2) is 0 Å². The number of hydrogen-bond acceptors (Lipinski definition) is 7. The quantitative estimate of drug-likeness (QED) is 0.477. The van der Waals surface area contributed by atoms with Gasteiger partial charge in [-0.1, -0.05) is 37.6 Å². The number of halogens is 1. The monoisotopic (exact) mass is 609 g/mol. The van der Waals surface area contributed by atoms with Crippen LogP contribution in [-0.2, 0) is 23.2 Å². The lowest BCUT2D eigenvalue weighted by Crippen LogP contribution is -2.57. The van der Waals surface area contributed by atoms with Crippen LogP contribution in [0.15, 0.2) is 48.7 Å². The number of benzene rings is 2. The summed E-state index contributed by atoms with van der Waals surface area (Å²) >= 11 is 6.24. The fourth-order valence-corrected chi connectivity index (χ4v) is 5.35. The molecule has 11 nitrogen and oxygen atoms in total. The summed E-state index contributed by atoms with van der Waals surface area (Å²) in [6.45, 7) is 5.22. The summed E-state index contributed by atoms with van der Waals surface area (Å²) in [5.41, 5.74) is 1.36. The standard InChI is InChI=1S/C31H36ClN5O6/c1-19(2)17-41-23-11-21-12-24(13-23)43-22-7-5-6-20(10-22)18-42-27-15-37(31(40)29-25(32)14-36(4)34-29)9-8-26(27)33-28(38)16-35(3)30(21)39/h5-7,10-14,19,26-27H,8-9,15-18H2,1-4H3,(H,33,38)/t26-,27-/m0/s1. The number of amides is 3. The van der Waals surface area contributed by atoms with Crippen molar-refractivity contribution in [2.75, 3.05) is 33.3 Å². The van der Waals surface area contributed by atoms with E-state index in [1.54, 1.807) is 43.4 Å². The third-order valence-electron chi connectivity index (χ3n) is 7.22. The molecule has 3 heterocycles. The molecule has 2 aliphatic rings. The fourth-order valence-electron chi connectivity index (χ4n) is 5.09. The van der Waals surface area contributed by atoms with Crippen molar-refractivity contribution in [3.63, 3.8) is 0 Å². The van der Waals surface area contributed by atoms with Crippen molar-refractivity contribution in [3.8, 4) is 17.2 Å². The molecule has 0 spiro atoms. The molecular formula is C31H36ClN5O6. The number of piperidine rings is 1. The maximum atomic E-state index is 13.4. The van der Waals surface area contributed by atoms with Crippen LogP contribution >= 0.6 is 11.6 Å². The van der Waals surface area contributed by atoms with Gasteiger partial charge in [0.2, 0.25) is 5.91 Å². The van der Waals surface area contributed by atoms with Crippen molar-refractivity contribution in [2.24, 2.45) is 13.0 Å². The van der Waals surface area contributed by atoms with Gasteiger partial charge >= 0.3 is 0 Å². The summed E-state index contributed by atoms with van der Waals surface area (Å²) in [6.07, 6.45) is 1.51. The van der Waals surface area contributed by atoms with Crippen LogP contribution < -0.4 is 14.8 Å². The number of aromatic nitrogens is 2. The van der Waals surface area contributed by atoms with Crippen LogP contribution in [0.1, 0.15) is 46.7 Å². The number of aryl methyl sites for hydroxylation is 1. The first-order valence-electron chi connectivity index (χ1n) is 14.2. The van der Waals surface area contributed by atoms with Crippen molar-refractivity contribution >= 4 is 29.3 Å². The van der Waals surface area contributed by atoms with Gasteiger partial charge < -0.3 is 29.3 Å². The SMILES string of the molecule is CC(C)COc1cc2cc(c1)C(=O)N(C)CC(=O)N[C@H]1CCN(C(=O)c3nn(C)cc3Cl)C[C@@H]1OCc1cccc(c1)O2. The molecule has 1 aromatic heterocycles. The van der Waals surface area contributed by atoms with Crippen molar-refractivity contribution in [1.82, 2.24) is 24.9 Å². The third kappa shape index (κ3) is 7.47. The lowest BCUT2D eigenvalue weighted by atomic mass is 10.0. The Bertz CT molecular complexity index is 1510. The van der Waals surface area contributed by atoms with E-state index in [0.29, 0.717) is 48.3 Å². The van der Waals surface area contributed by atoms with Crippen molar-refractivity contribution in [1.29, 1.82) is 0 Å². The molecule has 0 unspecified atom stereocenters. The summed E-state index contributed by atoms with van der Waals surface area (Å²) in [7, 11) is 3.27. The predicted octanol–water partition coefficient (Wildman–Crippen LogP) is 3.90. The van der Waals surface area contributed by atoms with Gasteiger partial charge in [0.05, 0.1) is 36.9 Å². The molecule has 228 valence electrons. The van der Waals surface area contributed by atoms with E-state index in [9.17, 15) is 14.4 Å². The first-order chi connectivity index (χ1) is 20.5. The lowest BCUT2D eigenvalue weighted by molar-refractivity contribution is -0.124. The number of likely N-dealkylation sites (tertiary alicyclic amines) is 1. The number of rotatable bonds is 4. The number of fused-ring (bicyclic) bond motifs is 5. The zero-order chi connectivity index (χ0) is 30.7. The molecule has 1 N–H and O–H groups in total. The molecule has 3 amide bonds. The number of carbonyl (C=O) groups excluding carboxylic acids is 3. The number of nitrogens with zero attached hydrogens (tertiary/aromatic N) is 4. The zero-order valence-corrected chi connectivity index (χ0v) is 25.5. The predicted molar refractivity (Wildman–Crippen MR) is 159 cm³/mol. The van der Waals surface area contributed by atoms with Crippen LogP contribution in [0.5, 0.6) is 17.2 Å². The Balaban J connectivity index is 1.42. The smallest absolute Gasteiger partial charge is 0.276 e. The minimum atomic E-state index is -0.518. The van der Waals surface area contributed by atoms with Gasteiger partial charge in [0.1, 0.15) is 17.2 Å². The number of nitrogens with one attached hydrogen (secondary N) is 1. The van der Waals surface area contributed by atoms with Gasteiger partial charge in [-0.15, -0.1) is 0 Å². The molecule has 2 aromatic carbocycles. The molecule has 0 saturated carbocycles. The molecule has 4 bridgehead atoms. The van der Waals surface area contributed by atoms with E-state index >= 15 is 0 Å². The van der Waals surface area contributed by atoms with Gasteiger partial charge in [0, 0.05) is 45.0 Å². The van der Waals surface area contributed by atoms with Crippen molar-refractivity contribution in [3.05, 3.63) is 70.5 Å². The van der Waals surface area contributed by atoms with E-state index in [2.05, 4.69) is 10.4 Å². The van der Waals surface area contributed by atoms with Crippen LogP contribution in [0.4, 0.5) is 0 Å². The largest absolute Gasteiger partial charge is 0.493 e. The Kier molecular flexibility index (Phi) is 9.22. The molecular weight excluding hydrogens is 574 g/mol. The Morgan fingerprint density at radius 2 is 1.98 bits per heavy atom. The molecule has 43 heavy (non-hydrogen) atoms. The Labute approximate surface area is 255 Å². The Morgan fingerprint density at radius 3 is 2.72 bits per heavy atom. The minimum Gasteiger partial charge on any atom is -0.493 e. The molecule has 12 heteroatoms. The van der Waals surface area contributed by atoms with Crippen LogP contribution in [0.2, 0.25) is 5.02 Å². The second kappa shape index (κ2) is 13.0. The van der Waals surface area contributed by atoms with E-state index < -0.39 is 6.10 Å². The lowest BCUT2D eigenvalue weighted by Gasteiger charge is -2.38. The van der Waals surface area contributed by atoms with Crippen LogP contribution in [0.3, 0.4) is 0 Å². The number of carbonyl (C=O) groups is 3. The van der Waals surface area contributed by atoms with E-state index in [1.807, 2.05) is 38.1 Å². The maximum Gasteiger partial charge on any atom is 0.276 e. The highest BCUT2D eigenvalue weighted by Crippen LogP contribution is 2.30. The Morgan fingerprint density at radius 1 is 1.16 bits per heavy atom. The molecule has 2 atom stereocenters. The highest BCUT2D eigenvalue weighted by atomic mass is 35.5. The second-order valence-corrected chi connectivity index (χ2v) is 11.8. The van der Waals surface area contributed by atoms with Gasteiger partial charge in [-0.2, -0.15) is 5.10 Å². The highest BCUT2D eigenvalue weighted by molar-refractivity contribution is 6.33. The van der Waals surface area contributed by atoms with E-state index in [1.165, 1.54) is 9.58 Å². The van der Waals surface area contributed by atoms with E-state index in [-0.39, 0.29) is 54.2 Å². The van der Waals surface area contributed by atoms with E-state index in [0.717, 1.165) is 5.56 Å². The molecule has 3 aromatic rings. The van der Waals surface area contributed by atoms with Gasteiger partial charge in [-0.05, 0) is 42.2 Å². The molecule has 1 saturated heterocycles. The van der Waals surface area contributed by atoms with Gasteiger partial charge in [0.25, 0.3) is 11.8 Å². The molecule has 5 rings (SSSR count). The van der Waals surface area contributed by atoms with Crippen LogP contribution in [-0.4, -0.2) is 82.7 Å². The molecule has 0 radical (unpaired) electrons. The summed E-state index contributed by atoms with van der Waals surface area (Å²) in [6, 6.07) is 12.1. The molecule has 2 aliphatic heterocycles. The second-order valence-electron chi connectivity index (χ2n) is 11.4. The topological polar surface area (TPSA) is 115 Å². The van der Waals surface area contributed by atoms with Crippen LogP contribution in [0, 0.1) is 5.92 Å². The maximum absolute atomic E-state index is 13.4. The van der Waals surface area contributed by atoms with Crippen LogP contribution in [0.25, 0.3) is 0 Å². The van der Waals surface area contributed by atoms with Crippen molar-refractivity contribution in [2.45, 2.75) is 39.0 Å². The highest BCUT2D eigenvalue weighted by Gasteiger charge is 2.35. The number of ether oxygens (including phenoxy) is 3. The summed E-state index contributed by atoms with van der Waals surface area (Å²) in [4.78, 5) is 42.8. The first kappa shape index (κ1) is 30.4. The third-order valence-corrected chi connectivity index (χ3v) is 7.49. The fraction of sp³-hybridized carbons (Fsp3) is 0.419. The van der Waals surface area contributed by atoms with Crippen molar-refractivity contribution < 1.29 is 28.6 Å². The zero-order valence-electron chi connectivity index (χ0n) is 24.7. The first-order valence-corrected chi connectivity index (χ1v) is 14.6. The number of likely N-dealkylation sites (N-methyl/N-ethyl adjacent to an activating group) is 1. The minimum absolute atomic E-state index is 0.166. The van der Waals surface area contributed by atoms with Gasteiger partial charge in [0.15, 0.2) is 5.69 Å². The summed E-state index contributed by atoms with van der Waals surface area (Å²) < 4.78 is 19.9. The molecule has 0 aliphatic carbocycles. The molecule has 1 fully saturated rings. The van der Waals surface area contributed by atoms with Gasteiger partial charge in [-0.3, -0.25) is 19.1 Å².